The maximum absolute atomic E-state index is 13.0. The monoisotopic (exact) mass is 544 g/mol. The molecule has 2 N–H and O–H groups in total. The lowest BCUT2D eigenvalue weighted by atomic mass is 10.0. The predicted octanol–water partition coefficient (Wildman–Crippen LogP) is 7.90. The van der Waals surface area contributed by atoms with Gasteiger partial charge in [-0.05, 0) is 65.6 Å². The summed E-state index contributed by atoms with van der Waals surface area (Å²) < 4.78 is 40.9. The van der Waals surface area contributed by atoms with Gasteiger partial charge in [-0.15, -0.1) is 0 Å². The molecule has 6 nitrogen and oxygen atoms in total. The van der Waals surface area contributed by atoms with Crippen molar-refractivity contribution in [2.45, 2.75) is 25.9 Å². The molecule has 2 aromatic heterocycles. The summed E-state index contributed by atoms with van der Waals surface area (Å²) in [6.45, 7) is 4.13. The minimum Gasteiger partial charge on any atom is -0.478 e. The van der Waals surface area contributed by atoms with Crippen LogP contribution < -0.4 is 0 Å². The highest BCUT2D eigenvalue weighted by atomic mass is 19.4. The molecule has 0 atom stereocenters. The Balaban J connectivity index is 1.77. The number of fused-ring (bicyclic) bond motifs is 1. The number of alkyl halides is 3. The van der Waals surface area contributed by atoms with E-state index in [1.807, 2.05) is 24.3 Å². The van der Waals surface area contributed by atoms with Crippen LogP contribution in [0.25, 0.3) is 39.1 Å². The van der Waals surface area contributed by atoms with Gasteiger partial charge in [0.05, 0.1) is 33.6 Å². The fourth-order valence-corrected chi connectivity index (χ4v) is 4.72. The first kappa shape index (κ1) is 26.7. The molecule has 3 aromatic carbocycles. The van der Waals surface area contributed by atoms with E-state index >= 15 is 0 Å². The van der Waals surface area contributed by atoms with Crippen LogP contribution in [0.5, 0.6) is 0 Å². The summed E-state index contributed by atoms with van der Waals surface area (Å²) in [5.74, 6) is -2.03. The number of carboxylic acid groups (broad SMARTS) is 2. The summed E-state index contributed by atoms with van der Waals surface area (Å²) >= 11 is 0. The molecule has 0 fully saturated rings. The molecule has 5 aromatic rings. The Hall–Kier alpha value is -4.92. The normalized spacial score (nSPS) is 11.8. The standard InChI is InChI=1S/C31H23F3N2O4/c1-17(2)18-7-11-23(12-8-18)36-26-14-9-21(25-13-10-22(16-35-25)31(32,33)34)15-24(26)27(30(39)40)28(36)19-3-5-20(6-4-19)29(37)38/h3-17H,1-2H3,(H,37,38)(H,39,40). The number of carbonyl (C=O) groups is 2. The molecule has 0 bridgehead atoms. The Labute approximate surface area is 227 Å². The summed E-state index contributed by atoms with van der Waals surface area (Å²) in [6, 6.07) is 20.8. The van der Waals surface area contributed by atoms with Crippen molar-refractivity contribution < 1.29 is 33.0 Å². The summed E-state index contributed by atoms with van der Waals surface area (Å²) in [5, 5.41) is 20.1. The Kier molecular flexibility index (Phi) is 6.67. The van der Waals surface area contributed by atoms with Gasteiger partial charge < -0.3 is 14.8 Å². The lowest BCUT2D eigenvalue weighted by molar-refractivity contribution is -0.137. The highest BCUT2D eigenvalue weighted by Crippen LogP contribution is 2.39. The van der Waals surface area contributed by atoms with Crippen LogP contribution in [-0.4, -0.2) is 31.7 Å². The summed E-state index contributed by atoms with van der Waals surface area (Å²) in [7, 11) is 0. The first-order valence-corrected chi connectivity index (χ1v) is 12.3. The number of aromatic carboxylic acids is 2. The van der Waals surface area contributed by atoms with Crippen LogP contribution in [0.4, 0.5) is 13.2 Å². The molecule has 202 valence electrons. The second kappa shape index (κ2) is 10.00. The number of carboxylic acids is 2. The predicted molar refractivity (Wildman–Crippen MR) is 145 cm³/mol. The van der Waals surface area contributed by atoms with Gasteiger partial charge in [-0.2, -0.15) is 13.2 Å². The van der Waals surface area contributed by atoms with Crippen molar-refractivity contribution in [3.63, 3.8) is 0 Å². The van der Waals surface area contributed by atoms with E-state index in [1.165, 1.54) is 18.2 Å². The Morgan fingerprint density at radius 1 is 0.825 bits per heavy atom. The van der Waals surface area contributed by atoms with E-state index in [4.69, 9.17) is 0 Å². The van der Waals surface area contributed by atoms with Gasteiger partial charge >= 0.3 is 18.1 Å². The number of hydrogen-bond donors (Lipinski definition) is 2. The first-order valence-electron chi connectivity index (χ1n) is 12.3. The minimum absolute atomic E-state index is 0.0280. The summed E-state index contributed by atoms with van der Waals surface area (Å²) in [4.78, 5) is 28.1. The fourth-order valence-electron chi connectivity index (χ4n) is 4.72. The molecule has 0 unspecified atom stereocenters. The van der Waals surface area contributed by atoms with Crippen LogP contribution in [0.15, 0.2) is 85.1 Å². The van der Waals surface area contributed by atoms with Gasteiger partial charge in [0, 0.05) is 22.8 Å². The number of hydrogen-bond acceptors (Lipinski definition) is 3. The number of benzene rings is 3. The molecule has 0 aliphatic carbocycles. The van der Waals surface area contributed by atoms with Gasteiger partial charge in [0.25, 0.3) is 0 Å². The van der Waals surface area contributed by atoms with Crippen LogP contribution in [0, 0.1) is 0 Å². The average molecular weight is 545 g/mol. The van der Waals surface area contributed by atoms with Crippen LogP contribution in [0.3, 0.4) is 0 Å². The number of nitrogens with zero attached hydrogens (tertiary/aromatic N) is 2. The maximum Gasteiger partial charge on any atom is 0.417 e. The molecule has 0 saturated heterocycles. The fraction of sp³-hybridized carbons (Fsp3) is 0.129. The van der Waals surface area contributed by atoms with Crippen molar-refractivity contribution in [1.82, 2.24) is 9.55 Å². The van der Waals surface area contributed by atoms with E-state index in [9.17, 15) is 33.0 Å². The molecule has 9 heteroatoms. The molecule has 0 saturated carbocycles. The number of pyridine rings is 1. The maximum atomic E-state index is 13.0. The zero-order valence-corrected chi connectivity index (χ0v) is 21.4. The summed E-state index contributed by atoms with van der Waals surface area (Å²) in [5.41, 5.74) is 3.03. The smallest absolute Gasteiger partial charge is 0.417 e. The molecule has 40 heavy (non-hydrogen) atoms. The highest BCUT2D eigenvalue weighted by molar-refractivity contribution is 6.11. The second-order valence-corrected chi connectivity index (χ2v) is 9.65. The van der Waals surface area contributed by atoms with Gasteiger partial charge in [0.15, 0.2) is 0 Å². The molecule has 5 rings (SSSR count). The third-order valence-corrected chi connectivity index (χ3v) is 6.79. The topological polar surface area (TPSA) is 92.4 Å². The molecule has 0 aliphatic rings. The van der Waals surface area contributed by atoms with Crippen molar-refractivity contribution in [3.05, 3.63) is 107 Å². The summed E-state index contributed by atoms with van der Waals surface area (Å²) in [6.07, 6.45) is -3.78. The van der Waals surface area contributed by atoms with E-state index < -0.39 is 23.7 Å². The van der Waals surface area contributed by atoms with Crippen molar-refractivity contribution in [3.8, 4) is 28.2 Å². The Morgan fingerprint density at radius 2 is 1.48 bits per heavy atom. The molecule has 0 radical (unpaired) electrons. The molecule has 0 aliphatic heterocycles. The quantitative estimate of drug-likeness (QED) is 0.227. The van der Waals surface area contributed by atoms with E-state index in [0.29, 0.717) is 33.4 Å². The lowest BCUT2D eigenvalue weighted by Gasteiger charge is -2.14. The third-order valence-electron chi connectivity index (χ3n) is 6.79. The first-order chi connectivity index (χ1) is 19.0. The highest BCUT2D eigenvalue weighted by Gasteiger charge is 2.31. The largest absolute Gasteiger partial charge is 0.478 e. The Morgan fingerprint density at radius 3 is 2.00 bits per heavy atom. The number of aromatic nitrogens is 2. The van der Waals surface area contributed by atoms with Gasteiger partial charge in [-0.3, -0.25) is 4.98 Å². The van der Waals surface area contributed by atoms with Crippen molar-refractivity contribution >= 4 is 22.8 Å². The van der Waals surface area contributed by atoms with E-state index in [-0.39, 0.29) is 22.7 Å². The minimum atomic E-state index is -4.53. The molecule has 2 heterocycles. The van der Waals surface area contributed by atoms with Crippen LogP contribution in [0.2, 0.25) is 0 Å². The van der Waals surface area contributed by atoms with Crippen LogP contribution in [-0.2, 0) is 6.18 Å². The second-order valence-electron chi connectivity index (χ2n) is 9.65. The Bertz CT molecular complexity index is 1740. The van der Waals surface area contributed by atoms with Gasteiger partial charge in [-0.1, -0.05) is 44.2 Å². The molecular formula is C31H23F3N2O4. The van der Waals surface area contributed by atoms with Gasteiger partial charge in [-0.25, -0.2) is 9.59 Å². The third kappa shape index (κ3) is 4.82. The molecular weight excluding hydrogens is 521 g/mol. The average Bonchev–Trinajstić information content (AvgIpc) is 3.27. The number of rotatable bonds is 6. The zero-order chi connectivity index (χ0) is 28.8. The SMILES string of the molecule is CC(C)c1ccc(-n2c(-c3ccc(C(=O)O)cc3)c(C(=O)O)c3cc(-c4ccc(C(F)(F)F)cn4)ccc32)cc1. The van der Waals surface area contributed by atoms with Crippen molar-refractivity contribution in [2.75, 3.05) is 0 Å². The molecule has 0 spiro atoms. The van der Waals surface area contributed by atoms with Crippen LogP contribution >= 0.6 is 0 Å². The van der Waals surface area contributed by atoms with Gasteiger partial charge in [0.1, 0.15) is 0 Å². The zero-order valence-electron chi connectivity index (χ0n) is 21.4. The van der Waals surface area contributed by atoms with Gasteiger partial charge in [0.2, 0.25) is 0 Å². The van der Waals surface area contributed by atoms with E-state index in [0.717, 1.165) is 17.8 Å². The lowest BCUT2D eigenvalue weighted by Crippen LogP contribution is -2.05. The van der Waals surface area contributed by atoms with Crippen LogP contribution in [0.1, 0.15) is 51.6 Å². The van der Waals surface area contributed by atoms with Crippen molar-refractivity contribution in [1.29, 1.82) is 0 Å². The molecule has 0 amide bonds. The number of halogens is 3. The van der Waals surface area contributed by atoms with E-state index in [2.05, 4.69) is 18.8 Å². The van der Waals surface area contributed by atoms with E-state index in [1.54, 1.807) is 34.9 Å². The van der Waals surface area contributed by atoms with Crippen molar-refractivity contribution in [2.24, 2.45) is 0 Å².